The molecular formula is C14H10N2O2. The maximum absolute atomic E-state index is 11.6. The van der Waals surface area contributed by atoms with Gasteiger partial charge in [0.1, 0.15) is 0 Å². The summed E-state index contributed by atoms with van der Waals surface area (Å²) in [6, 6.07) is 7.84. The maximum atomic E-state index is 11.6. The van der Waals surface area contributed by atoms with Crippen molar-refractivity contribution in [3.05, 3.63) is 41.6 Å². The van der Waals surface area contributed by atoms with Crippen LogP contribution in [0.15, 0.2) is 35.3 Å². The molecule has 0 saturated carbocycles. The lowest BCUT2D eigenvalue weighted by atomic mass is 9.84. The first-order valence-corrected chi connectivity index (χ1v) is 5.82. The highest BCUT2D eigenvalue weighted by Crippen LogP contribution is 2.44. The number of carboxylic acid groups (broad SMARTS) is 1. The Labute approximate surface area is 103 Å². The molecular weight excluding hydrogens is 228 g/mol. The number of allylic oxidation sites excluding steroid dienone is 1. The number of aromatic amines is 1. The molecule has 88 valence electrons. The van der Waals surface area contributed by atoms with Crippen molar-refractivity contribution in [2.24, 2.45) is 4.99 Å². The molecule has 0 spiro atoms. The fraction of sp³-hybridized carbons (Fsp3) is 0.143. The average molecular weight is 238 g/mol. The number of H-pyrrole nitrogens is 1. The van der Waals surface area contributed by atoms with E-state index >= 15 is 0 Å². The summed E-state index contributed by atoms with van der Waals surface area (Å²) >= 11 is 0. The van der Waals surface area contributed by atoms with Crippen molar-refractivity contribution in [3.63, 3.8) is 0 Å². The Hall–Kier alpha value is -2.36. The molecule has 3 aliphatic rings. The topological polar surface area (TPSA) is 65.4 Å². The molecule has 1 aromatic heterocycles. The van der Waals surface area contributed by atoms with Crippen LogP contribution in [0.3, 0.4) is 0 Å². The van der Waals surface area contributed by atoms with Gasteiger partial charge in [-0.15, -0.1) is 0 Å². The van der Waals surface area contributed by atoms with Crippen molar-refractivity contribution in [2.75, 3.05) is 0 Å². The minimum atomic E-state index is -1.10. The third kappa shape index (κ3) is 0.960. The fourth-order valence-corrected chi connectivity index (χ4v) is 2.81. The van der Waals surface area contributed by atoms with Crippen LogP contribution in [0.25, 0.3) is 17.0 Å². The molecule has 1 aromatic carbocycles. The Morgan fingerprint density at radius 3 is 2.89 bits per heavy atom. The fourth-order valence-electron chi connectivity index (χ4n) is 2.81. The van der Waals surface area contributed by atoms with E-state index in [-0.39, 0.29) is 0 Å². The predicted octanol–water partition coefficient (Wildman–Crippen LogP) is 2.32. The standard InChI is InChI=1S/C14H10N2O2/c17-13(18)14-7-8(16-14)5-6-10-9-3-1-2-4-11(9)15-12(10)14/h1-6,15H,7H2,(H,17,18). The predicted molar refractivity (Wildman–Crippen MR) is 68.7 cm³/mol. The van der Waals surface area contributed by atoms with Crippen LogP contribution in [-0.4, -0.2) is 21.8 Å². The van der Waals surface area contributed by atoms with Crippen LogP contribution in [0.1, 0.15) is 17.7 Å². The Morgan fingerprint density at radius 2 is 2.11 bits per heavy atom. The number of nitrogens with one attached hydrogen (secondary N) is 1. The summed E-state index contributed by atoms with van der Waals surface area (Å²) in [4.78, 5) is 19.1. The molecule has 0 amide bonds. The van der Waals surface area contributed by atoms with E-state index < -0.39 is 11.5 Å². The second-order valence-electron chi connectivity index (χ2n) is 4.74. The van der Waals surface area contributed by atoms with Crippen molar-refractivity contribution < 1.29 is 9.90 Å². The van der Waals surface area contributed by atoms with Gasteiger partial charge in [0.15, 0.2) is 0 Å². The molecule has 1 aliphatic carbocycles. The number of aromatic nitrogens is 1. The number of aliphatic imine (C=N–C) groups is 1. The first-order valence-electron chi connectivity index (χ1n) is 5.82. The Balaban J connectivity index is 2.11. The van der Waals surface area contributed by atoms with Crippen molar-refractivity contribution in [1.29, 1.82) is 0 Å². The highest BCUT2D eigenvalue weighted by atomic mass is 16.4. The molecule has 0 fully saturated rings. The van der Waals surface area contributed by atoms with Gasteiger partial charge < -0.3 is 10.1 Å². The van der Waals surface area contributed by atoms with Gasteiger partial charge in [0.25, 0.3) is 0 Å². The van der Waals surface area contributed by atoms with E-state index in [1.807, 2.05) is 36.4 Å². The van der Waals surface area contributed by atoms with Gasteiger partial charge in [-0.1, -0.05) is 24.3 Å². The number of benzene rings is 1. The summed E-state index contributed by atoms with van der Waals surface area (Å²) in [5.41, 5.74) is 2.36. The zero-order valence-corrected chi connectivity index (χ0v) is 9.47. The largest absolute Gasteiger partial charge is 0.479 e. The van der Waals surface area contributed by atoms with Gasteiger partial charge in [-0.2, -0.15) is 0 Å². The van der Waals surface area contributed by atoms with Crippen molar-refractivity contribution in [3.8, 4) is 0 Å². The molecule has 4 nitrogen and oxygen atoms in total. The molecule has 18 heavy (non-hydrogen) atoms. The highest BCUT2D eigenvalue weighted by molar-refractivity contribution is 6.12. The first-order chi connectivity index (χ1) is 8.71. The van der Waals surface area contributed by atoms with Crippen molar-refractivity contribution in [2.45, 2.75) is 12.0 Å². The molecule has 3 heterocycles. The minimum absolute atomic E-state index is 0.471. The summed E-state index contributed by atoms with van der Waals surface area (Å²) in [6.45, 7) is 0. The number of para-hydroxylation sites is 1. The zero-order chi connectivity index (χ0) is 12.3. The van der Waals surface area contributed by atoms with E-state index in [9.17, 15) is 9.90 Å². The number of nitrogens with zero attached hydrogens (tertiary/aromatic N) is 1. The number of hydrogen-bond acceptors (Lipinski definition) is 2. The van der Waals surface area contributed by atoms with E-state index in [1.54, 1.807) is 0 Å². The molecule has 2 bridgehead atoms. The Bertz CT molecular complexity index is 754. The molecule has 1 atom stereocenters. The molecule has 4 heteroatoms. The normalized spacial score (nSPS) is 24.1. The van der Waals surface area contributed by atoms with E-state index in [1.165, 1.54) is 0 Å². The van der Waals surface area contributed by atoms with E-state index in [0.29, 0.717) is 12.1 Å². The number of aliphatic carboxylic acids is 1. The van der Waals surface area contributed by atoms with Crippen LogP contribution in [-0.2, 0) is 10.3 Å². The van der Waals surface area contributed by atoms with Crippen molar-refractivity contribution in [1.82, 2.24) is 4.98 Å². The van der Waals surface area contributed by atoms with Gasteiger partial charge in [0.2, 0.25) is 5.54 Å². The lowest BCUT2D eigenvalue weighted by molar-refractivity contribution is -0.144. The van der Waals surface area contributed by atoms with Crippen LogP contribution in [0.5, 0.6) is 0 Å². The van der Waals surface area contributed by atoms with Crippen LogP contribution in [0, 0.1) is 0 Å². The maximum Gasteiger partial charge on any atom is 0.338 e. The molecule has 2 N–H and O–H groups in total. The van der Waals surface area contributed by atoms with E-state index in [0.717, 1.165) is 22.2 Å². The monoisotopic (exact) mass is 238 g/mol. The number of hydrogen-bond donors (Lipinski definition) is 2. The van der Waals surface area contributed by atoms with Crippen molar-refractivity contribution >= 4 is 28.7 Å². The van der Waals surface area contributed by atoms with Crippen LogP contribution in [0.2, 0.25) is 0 Å². The smallest absolute Gasteiger partial charge is 0.338 e. The van der Waals surface area contributed by atoms with Gasteiger partial charge in [-0.25, -0.2) is 4.79 Å². The van der Waals surface area contributed by atoms with Gasteiger partial charge in [0, 0.05) is 28.6 Å². The SMILES string of the molecule is O=C(O)C12CC(=N1)C=Cc1c2[nH]c2ccccc12. The van der Waals surface area contributed by atoms with Crippen LogP contribution < -0.4 is 0 Å². The van der Waals surface area contributed by atoms with Gasteiger partial charge in [-0.05, 0) is 12.1 Å². The Morgan fingerprint density at radius 1 is 1.33 bits per heavy atom. The summed E-state index contributed by atoms with van der Waals surface area (Å²) in [6.07, 6.45) is 4.34. The first kappa shape index (κ1) is 9.65. The number of carbonyl (C=O) groups is 1. The third-order valence-corrected chi connectivity index (χ3v) is 3.73. The van der Waals surface area contributed by atoms with Crippen LogP contribution >= 0.6 is 0 Å². The van der Waals surface area contributed by atoms with Crippen LogP contribution in [0.4, 0.5) is 0 Å². The molecule has 1 unspecified atom stereocenters. The summed E-state index contributed by atoms with van der Waals surface area (Å²) < 4.78 is 0. The molecule has 2 aliphatic heterocycles. The number of rotatable bonds is 1. The van der Waals surface area contributed by atoms with Gasteiger partial charge >= 0.3 is 5.97 Å². The summed E-state index contributed by atoms with van der Waals surface area (Å²) in [5, 5.41) is 10.5. The second-order valence-corrected chi connectivity index (χ2v) is 4.74. The van der Waals surface area contributed by atoms with E-state index in [4.69, 9.17) is 0 Å². The summed E-state index contributed by atoms with van der Waals surface area (Å²) in [7, 11) is 0. The second kappa shape index (κ2) is 2.90. The number of carboxylic acids is 1. The molecule has 5 rings (SSSR count). The highest BCUT2D eigenvalue weighted by Gasteiger charge is 2.50. The quantitative estimate of drug-likeness (QED) is 0.800. The summed E-state index contributed by atoms with van der Waals surface area (Å²) in [5.74, 6) is -0.886. The molecule has 2 aromatic rings. The Kier molecular flexibility index (Phi) is 1.56. The molecule has 0 radical (unpaired) electrons. The van der Waals surface area contributed by atoms with Gasteiger partial charge in [0.05, 0.1) is 5.69 Å². The van der Waals surface area contributed by atoms with E-state index in [2.05, 4.69) is 9.98 Å². The minimum Gasteiger partial charge on any atom is -0.479 e. The number of fused-ring (bicyclic) bond motifs is 1. The lowest BCUT2D eigenvalue weighted by Crippen LogP contribution is -2.43. The average Bonchev–Trinajstić information content (AvgIpc) is 2.49. The van der Waals surface area contributed by atoms with Gasteiger partial charge in [-0.3, -0.25) is 4.99 Å². The zero-order valence-electron chi connectivity index (χ0n) is 9.47. The lowest BCUT2D eigenvalue weighted by Gasteiger charge is -2.32. The third-order valence-electron chi connectivity index (χ3n) is 3.73. The molecule has 0 saturated heterocycles.